The van der Waals surface area contributed by atoms with Crippen LogP contribution in [0.4, 0.5) is 26.3 Å². The van der Waals surface area contributed by atoms with Crippen LogP contribution in [0.25, 0.3) is 0 Å². The van der Waals surface area contributed by atoms with Crippen molar-refractivity contribution in [3.63, 3.8) is 0 Å². The number of carbonyl (C=O) groups excluding carboxylic acids is 1. The largest absolute Gasteiger partial charge is 0.471 e. The molecule has 1 atom stereocenters. The first-order valence-electron chi connectivity index (χ1n) is 10.4. The van der Waals surface area contributed by atoms with Gasteiger partial charge in [-0.25, -0.2) is 21.2 Å². The Bertz CT molecular complexity index is 1560. The Kier molecular flexibility index (Phi) is 8.12. The lowest BCUT2D eigenvalue weighted by Crippen LogP contribution is -2.38. The molecule has 3 rings (SSSR count). The lowest BCUT2D eigenvalue weighted by molar-refractivity contribution is -0.174. The van der Waals surface area contributed by atoms with E-state index in [-0.39, 0.29) is 5.56 Å². The summed E-state index contributed by atoms with van der Waals surface area (Å²) in [6.07, 6.45) is -5.14. The maximum Gasteiger partial charge on any atom is 0.471 e. The van der Waals surface area contributed by atoms with Crippen LogP contribution in [0.3, 0.4) is 0 Å². The molecule has 0 fully saturated rings. The number of carbonyl (C=O) groups is 1. The smallest absolute Gasteiger partial charge is 0.435 e. The summed E-state index contributed by atoms with van der Waals surface area (Å²) in [6, 6.07) is 8.90. The van der Waals surface area contributed by atoms with Crippen molar-refractivity contribution in [3.8, 4) is 5.75 Å². The molecule has 0 spiro atoms. The van der Waals surface area contributed by atoms with Crippen LogP contribution in [-0.2, 0) is 24.5 Å². The van der Waals surface area contributed by atoms with Crippen molar-refractivity contribution in [2.45, 2.75) is 45.3 Å². The van der Waals surface area contributed by atoms with E-state index < -0.39 is 75.6 Å². The van der Waals surface area contributed by atoms with E-state index in [0.717, 1.165) is 42.5 Å². The highest BCUT2D eigenvalue weighted by atomic mass is 32.2. The van der Waals surface area contributed by atoms with E-state index in [2.05, 4.69) is 4.74 Å². The summed E-state index contributed by atoms with van der Waals surface area (Å²) in [7, 11) is -9.65. The zero-order valence-electron chi connectivity index (χ0n) is 19.0. The Morgan fingerprint density at radius 1 is 0.842 bits per heavy atom. The predicted molar refractivity (Wildman–Crippen MR) is 119 cm³/mol. The molecule has 15 heteroatoms. The van der Waals surface area contributed by atoms with Gasteiger partial charge in [0.25, 0.3) is 0 Å². The summed E-state index contributed by atoms with van der Waals surface area (Å²) >= 11 is 0. The quantitative estimate of drug-likeness (QED) is 0.382. The van der Waals surface area contributed by atoms with Gasteiger partial charge in [0.2, 0.25) is 19.7 Å². The summed E-state index contributed by atoms with van der Waals surface area (Å²) in [5.74, 6) is -4.15. The number of alkyl halides is 5. The molecule has 3 aromatic rings. The fourth-order valence-electron chi connectivity index (χ4n) is 3.30. The van der Waals surface area contributed by atoms with Crippen LogP contribution >= 0.6 is 0 Å². The monoisotopic (exact) mass is 581 g/mol. The van der Waals surface area contributed by atoms with Gasteiger partial charge in [0.1, 0.15) is 16.5 Å². The Labute approximate surface area is 212 Å². The third-order valence-corrected chi connectivity index (χ3v) is 8.92. The number of sulfone groups is 2. The van der Waals surface area contributed by atoms with Gasteiger partial charge in [-0.3, -0.25) is 4.79 Å². The molecule has 3 aromatic carbocycles. The van der Waals surface area contributed by atoms with Crippen LogP contribution in [-0.4, -0.2) is 35.5 Å². The minimum absolute atomic E-state index is 0.0847. The standard InChI is InChI=1S/C23H17F6NO6S2/c1-13(30-21(31)23(27,28)29)14-6-9-16(10-7-14)37(32,33)19-11-8-15(36-22(25)26)12-20(19)38(34,35)18-5-3-2-4-17(18)24/h2-13,22H,1H3,(H,30,31). The van der Waals surface area contributed by atoms with E-state index in [1.165, 1.54) is 19.1 Å². The van der Waals surface area contributed by atoms with E-state index in [1.54, 1.807) is 5.32 Å². The normalized spacial score (nSPS) is 13.3. The van der Waals surface area contributed by atoms with Crippen molar-refractivity contribution in [1.82, 2.24) is 5.32 Å². The first-order chi connectivity index (χ1) is 17.5. The predicted octanol–water partition coefficient (Wildman–Crippen LogP) is 4.83. The summed E-state index contributed by atoms with van der Waals surface area (Å²) < 4.78 is 135. The molecule has 1 N–H and O–H groups in total. The van der Waals surface area contributed by atoms with Crippen molar-refractivity contribution in [1.29, 1.82) is 0 Å². The molecule has 0 saturated carbocycles. The van der Waals surface area contributed by atoms with Gasteiger partial charge in [-0.05, 0) is 48.9 Å². The van der Waals surface area contributed by atoms with Crippen LogP contribution in [0.2, 0.25) is 0 Å². The third kappa shape index (κ3) is 6.10. The fraction of sp³-hybridized carbons (Fsp3) is 0.174. The van der Waals surface area contributed by atoms with Gasteiger partial charge in [0.15, 0.2) is 0 Å². The second-order valence-corrected chi connectivity index (χ2v) is 11.5. The highest BCUT2D eigenvalue weighted by molar-refractivity contribution is 7.94. The maximum atomic E-state index is 14.3. The minimum atomic E-state index is -5.14. The van der Waals surface area contributed by atoms with E-state index in [0.29, 0.717) is 12.1 Å². The number of rotatable bonds is 8. The zero-order valence-corrected chi connectivity index (χ0v) is 20.7. The second-order valence-electron chi connectivity index (χ2n) is 7.69. The Morgan fingerprint density at radius 2 is 1.45 bits per heavy atom. The van der Waals surface area contributed by atoms with Crippen molar-refractivity contribution >= 4 is 25.6 Å². The van der Waals surface area contributed by atoms with Gasteiger partial charge >= 0.3 is 18.7 Å². The number of hydrogen-bond donors (Lipinski definition) is 1. The van der Waals surface area contributed by atoms with Crippen LogP contribution in [0, 0.1) is 5.82 Å². The molecule has 1 amide bonds. The first kappa shape index (κ1) is 29.0. The summed E-state index contributed by atoms with van der Waals surface area (Å²) in [5.41, 5.74) is 0.0847. The highest BCUT2D eigenvalue weighted by Gasteiger charge is 2.39. The lowest BCUT2D eigenvalue weighted by atomic mass is 10.1. The van der Waals surface area contributed by atoms with Crippen molar-refractivity contribution < 1.29 is 52.7 Å². The molecular formula is C23H17F6NO6S2. The molecule has 0 aromatic heterocycles. The lowest BCUT2D eigenvalue weighted by Gasteiger charge is -2.17. The number of amides is 1. The van der Waals surface area contributed by atoms with Crippen LogP contribution in [0.5, 0.6) is 5.75 Å². The molecule has 1 unspecified atom stereocenters. The molecule has 0 aliphatic carbocycles. The van der Waals surface area contributed by atoms with Crippen LogP contribution in [0.15, 0.2) is 86.3 Å². The second kappa shape index (κ2) is 10.6. The van der Waals surface area contributed by atoms with Gasteiger partial charge in [0.05, 0.1) is 20.7 Å². The maximum absolute atomic E-state index is 14.3. The number of ether oxygens (including phenoxy) is 1. The molecular weight excluding hydrogens is 564 g/mol. The molecule has 38 heavy (non-hydrogen) atoms. The number of nitrogens with one attached hydrogen (secondary N) is 1. The zero-order chi connectivity index (χ0) is 28.5. The molecule has 204 valence electrons. The number of halogens is 6. The van der Waals surface area contributed by atoms with Gasteiger partial charge in [0, 0.05) is 6.07 Å². The Hall–Kier alpha value is -3.59. The van der Waals surface area contributed by atoms with Crippen LogP contribution in [0.1, 0.15) is 18.5 Å². The molecule has 0 radical (unpaired) electrons. The van der Waals surface area contributed by atoms with Crippen molar-refractivity contribution in [2.75, 3.05) is 0 Å². The van der Waals surface area contributed by atoms with Crippen LogP contribution < -0.4 is 10.1 Å². The summed E-state index contributed by atoms with van der Waals surface area (Å²) in [4.78, 5) is 7.77. The average Bonchev–Trinajstić information content (AvgIpc) is 2.83. The van der Waals surface area contributed by atoms with E-state index in [1.807, 2.05) is 0 Å². The van der Waals surface area contributed by atoms with E-state index >= 15 is 0 Å². The molecule has 0 bridgehead atoms. The number of hydrogen-bond acceptors (Lipinski definition) is 6. The van der Waals surface area contributed by atoms with Crippen molar-refractivity contribution in [3.05, 3.63) is 78.1 Å². The van der Waals surface area contributed by atoms with E-state index in [9.17, 15) is 48.0 Å². The Balaban J connectivity index is 2.09. The number of benzene rings is 3. The molecule has 0 aliphatic rings. The Morgan fingerprint density at radius 3 is 2.00 bits per heavy atom. The first-order valence-corrected chi connectivity index (χ1v) is 13.3. The molecule has 0 aliphatic heterocycles. The molecule has 7 nitrogen and oxygen atoms in total. The topological polar surface area (TPSA) is 107 Å². The average molecular weight is 582 g/mol. The minimum Gasteiger partial charge on any atom is -0.435 e. The van der Waals surface area contributed by atoms with Gasteiger partial charge in [-0.1, -0.05) is 24.3 Å². The molecule has 0 saturated heterocycles. The van der Waals surface area contributed by atoms with Gasteiger partial charge < -0.3 is 10.1 Å². The summed E-state index contributed by atoms with van der Waals surface area (Å²) in [6.45, 7) is -2.16. The third-order valence-electron chi connectivity index (χ3n) is 5.14. The fourth-order valence-corrected chi connectivity index (χ4v) is 6.70. The van der Waals surface area contributed by atoms with Gasteiger partial charge in [-0.2, -0.15) is 22.0 Å². The summed E-state index contributed by atoms with van der Waals surface area (Å²) in [5, 5.41) is 1.70. The molecule has 0 heterocycles. The SMILES string of the molecule is CC(NC(=O)C(F)(F)F)c1ccc(S(=O)(=O)c2ccc(OC(F)F)cc2S(=O)(=O)c2ccccc2F)cc1. The highest BCUT2D eigenvalue weighted by Crippen LogP contribution is 2.35. The van der Waals surface area contributed by atoms with Crippen molar-refractivity contribution in [2.24, 2.45) is 0 Å². The van der Waals surface area contributed by atoms with Gasteiger partial charge in [-0.15, -0.1) is 0 Å². The van der Waals surface area contributed by atoms with E-state index in [4.69, 9.17) is 0 Å².